The minimum atomic E-state index is -5.34. The van der Waals surface area contributed by atoms with Crippen molar-refractivity contribution in [3.63, 3.8) is 0 Å². The molecule has 6 nitrogen and oxygen atoms in total. The molecule has 2 N–H and O–H groups in total. The van der Waals surface area contributed by atoms with Crippen LogP contribution < -0.4 is 0 Å². The number of ether oxygens (including phenoxy) is 1. The van der Waals surface area contributed by atoms with Crippen LogP contribution in [0.3, 0.4) is 0 Å². The van der Waals surface area contributed by atoms with Crippen molar-refractivity contribution in [1.29, 1.82) is 0 Å². The molecule has 0 aliphatic heterocycles. The van der Waals surface area contributed by atoms with Gasteiger partial charge in [-0.3, -0.25) is 4.79 Å². The number of hydrogen-bond donors (Lipinski definition) is 2. The van der Waals surface area contributed by atoms with Crippen molar-refractivity contribution in [3.05, 3.63) is 0 Å². The molecule has 1 atom stereocenters. The van der Waals surface area contributed by atoms with Gasteiger partial charge in [-0.2, -0.15) is 13.2 Å². The predicted molar refractivity (Wildman–Crippen MR) is 35.4 cm³/mol. The summed E-state index contributed by atoms with van der Waals surface area (Å²) >= 11 is 0. The molecule has 1 unspecified atom stereocenters. The molecule has 0 aliphatic rings. The average Bonchev–Trinajstić information content (AvgIpc) is 2.01. The summed E-state index contributed by atoms with van der Waals surface area (Å²) in [6.45, 7) is 0. The highest BCUT2D eigenvalue weighted by Crippen LogP contribution is 2.16. The number of aliphatic hydroxyl groups is 1. The van der Waals surface area contributed by atoms with Gasteiger partial charge in [0.05, 0.1) is 6.42 Å². The van der Waals surface area contributed by atoms with E-state index in [1.165, 1.54) is 0 Å². The van der Waals surface area contributed by atoms with E-state index < -0.39 is 36.6 Å². The normalized spacial score (nSPS) is 13.1. The molecule has 0 fully saturated rings. The number of carbonyl (C=O) groups excluding carboxylic acids is 2. The SMILES string of the molecule is O=C(CC(O)C(=O)O)OC(=O)C(F)(F)F. The number of carboxylic acids is 1. The van der Waals surface area contributed by atoms with E-state index in [1.54, 1.807) is 0 Å². The van der Waals surface area contributed by atoms with Crippen LogP contribution >= 0.6 is 0 Å². The molecule has 0 aromatic rings. The Morgan fingerprint density at radius 1 is 1.27 bits per heavy atom. The van der Waals surface area contributed by atoms with E-state index in [0.29, 0.717) is 0 Å². The Hall–Kier alpha value is -1.64. The molecule has 0 rings (SSSR count). The van der Waals surface area contributed by atoms with Crippen molar-refractivity contribution < 1.29 is 42.5 Å². The lowest BCUT2D eigenvalue weighted by molar-refractivity contribution is -0.202. The molecule has 0 saturated carbocycles. The monoisotopic (exact) mass is 230 g/mol. The van der Waals surface area contributed by atoms with E-state index >= 15 is 0 Å². The Morgan fingerprint density at radius 2 is 1.73 bits per heavy atom. The molecule has 0 spiro atoms. The quantitative estimate of drug-likeness (QED) is 0.498. The zero-order chi connectivity index (χ0) is 12.2. The van der Waals surface area contributed by atoms with Crippen LogP contribution in [0.15, 0.2) is 0 Å². The average molecular weight is 230 g/mol. The number of aliphatic hydroxyl groups excluding tert-OH is 1. The maximum absolute atomic E-state index is 11.5. The smallest absolute Gasteiger partial charge is 0.479 e. The Morgan fingerprint density at radius 3 is 2.07 bits per heavy atom. The van der Waals surface area contributed by atoms with Crippen molar-refractivity contribution in [2.45, 2.75) is 18.7 Å². The summed E-state index contributed by atoms with van der Waals surface area (Å²) in [5.74, 6) is -6.34. The van der Waals surface area contributed by atoms with Gasteiger partial charge < -0.3 is 14.9 Å². The Bertz CT molecular complexity index is 283. The highest BCUT2D eigenvalue weighted by Gasteiger charge is 2.42. The molecule has 0 bridgehead atoms. The van der Waals surface area contributed by atoms with Crippen molar-refractivity contribution in [3.8, 4) is 0 Å². The van der Waals surface area contributed by atoms with Crippen LogP contribution in [0.25, 0.3) is 0 Å². The zero-order valence-corrected chi connectivity index (χ0v) is 6.95. The van der Waals surface area contributed by atoms with Gasteiger partial charge in [0.2, 0.25) is 0 Å². The summed E-state index contributed by atoms with van der Waals surface area (Å²) in [4.78, 5) is 30.4. The number of rotatable bonds is 3. The summed E-state index contributed by atoms with van der Waals surface area (Å²) in [6.07, 6.45) is -8.79. The van der Waals surface area contributed by atoms with Crippen LogP contribution in [0.1, 0.15) is 6.42 Å². The maximum Gasteiger partial charge on any atom is 0.491 e. The third kappa shape index (κ3) is 4.96. The largest absolute Gasteiger partial charge is 0.491 e. The molecule has 0 aliphatic carbocycles. The summed E-state index contributed by atoms with van der Waals surface area (Å²) in [5, 5.41) is 16.6. The lowest BCUT2D eigenvalue weighted by Crippen LogP contribution is -2.31. The van der Waals surface area contributed by atoms with Crippen LogP contribution in [0.4, 0.5) is 13.2 Å². The summed E-state index contributed by atoms with van der Waals surface area (Å²) < 4.78 is 37.7. The fraction of sp³-hybridized carbons (Fsp3) is 0.500. The Kier molecular flexibility index (Phi) is 4.21. The van der Waals surface area contributed by atoms with E-state index in [1.807, 2.05) is 0 Å². The van der Waals surface area contributed by atoms with Crippen LogP contribution in [0.5, 0.6) is 0 Å². The minimum absolute atomic E-state index is 1.24. The minimum Gasteiger partial charge on any atom is -0.479 e. The van der Waals surface area contributed by atoms with Crippen LogP contribution in [-0.2, 0) is 19.1 Å². The molecule has 0 heterocycles. The number of carboxylic acid groups (broad SMARTS) is 1. The van der Waals surface area contributed by atoms with Gasteiger partial charge in [-0.15, -0.1) is 0 Å². The van der Waals surface area contributed by atoms with Gasteiger partial charge in [0.1, 0.15) is 0 Å². The first-order valence-electron chi connectivity index (χ1n) is 3.37. The zero-order valence-electron chi connectivity index (χ0n) is 6.95. The summed E-state index contributed by atoms with van der Waals surface area (Å²) in [7, 11) is 0. The highest BCUT2D eigenvalue weighted by molar-refractivity contribution is 5.90. The van der Waals surface area contributed by atoms with Gasteiger partial charge in [-0.1, -0.05) is 0 Å². The van der Waals surface area contributed by atoms with E-state index in [-0.39, 0.29) is 0 Å². The number of aliphatic carboxylic acids is 1. The van der Waals surface area contributed by atoms with E-state index in [9.17, 15) is 27.6 Å². The topological polar surface area (TPSA) is 101 Å². The van der Waals surface area contributed by atoms with E-state index in [0.717, 1.165) is 0 Å². The molecule has 0 saturated heterocycles. The van der Waals surface area contributed by atoms with Gasteiger partial charge in [0.15, 0.2) is 6.10 Å². The van der Waals surface area contributed by atoms with Gasteiger partial charge >= 0.3 is 24.1 Å². The second-order valence-electron chi connectivity index (χ2n) is 2.32. The first-order chi connectivity index (χ1) is 6.64. The van der Waals surface area contributed by atoms with Crippen molar-refractivity contribution in [2.75, 3.05) is 0 Å². The lowest BCUT2D eigenvalue weighted by atomic mass is 10.2. The summed E-state index contributed by atoms with van der Waals surface area (Å²) in [6, 6.07) is 0. The lowest BCUT2D eigenvalue weighted by Gasteiger charge is -2.06. The molecule has 15 heavy (non-hydrogen) atoms. The van der Waals surface area contributed by atoms with Crippen molar-refractivity contribution in [2.24, 2.45) is 0 Å². The second kappa shape index (κ2) is 4.73. The Balaban J connectivity index is 4.17. The highest BCUT2D eigenvalue weighted by atomic mass is 19.4. The van der Waals surface area contributed by atoms with Crippen molar-refractivity contribution >= 4 is 17.9 Å². The molecule has 0 aromatic heterocycles. The fourth-order valence-electron chi connectivity index (χ4n) is 0.448. The molecule has 0 amide bonds. The van der Waals surface area contributed by atoms with Crippen molar-refractivity contribution in [1.82, 2.24) is 0 Å². The Labute approximate surface area is 80.2 Å². The van der Waals surface area contributed by atoms with Crippen LogP contribution in [-0.4, -0.2) is 40.4 Å². The van der Waals surface area contributed by atoms with Crippen LogP contribution in [0, 0.1) is 0 Å². The van der Waals surface area contributed by atoms with Gasteiger partial charge in [-0.25, -0.2) is 9.59 Å². The predicted octanol–water partition coefficient (Wildman–Crippen LogP) is -0.546. The molecule has 9 heteroatoms. The third-order valence-corrected chi connectivity index (χ3v) is 1.08. The molecule has 86 valence electrons. The summed E-state index contributed by atoms with van der Waals surface area (Å²) in [5.41, 5.74) is 0. The molecular weight excluding hydrogens is 225 g/mol. The van der Waals surface area contributed by atoms with Crippen LogP contribution in [0.2, 0.25) is 0 Å². The second-order valence-corrected chi connectivity index (χ2v) is 2.32. The fourth-order valence-corrected chi connectivity index (χ4v) is 0.448. The number of alkyl halides is 3. The molecule has 0 radical (unpaired) electrons. The van der Waals surface area contributed by atoms with Gasteiger partial charge in [0, 0.05) is 0 Å². The molecule has 0 aromatic carbocycles. The molecular formula is C6H5F3O6. The number of halogens is 3. The number of carbonyl (C=O) groups is 3. The van der Waals surface area contributed by atoms with Gasteiger partial charge in [0.25, 0.3) is 0 Å². The van der Waals surface area contributed by atoms with E-state index in [4.69, 9.17) is 10.2 Å². The van der Waals surface area contributed by atoms with Gasteiger partial charge in [-0.05, 0) is 0 Å². The van der Waals surface area contributed by atoms with E-state index in [2.05, 4.69) is 4.74 Å². The maximum atomic E-state index is 11.5. The first kappa shape index (κ1) is 13.4. The first-order valence-corrected chi connectivity index (χ1v) is 3.37. The standard InChI is InChI=1S/C6H5F3O6/c7-6(8,9)5(14)15-3(11)1-2(10)4(12)13/h2,10H,1H2,(H,12,13). The third-order valence-electron chi connectivity index (χ3n) is 1.08. The number of esters is 2. The number of hydrogen-bond acceptors (Lipinski definition) is 5.